The monoisotopic (exact) mass is 220 g/mol. The molecule has 88 valence electrons. The Morgan fingerprint density at radius 3 is 1.75 bits per heavy atom. The first kappa shape index (κ1) is 12.8. The van der Waals surface area contributed by atoms with E-state index in [0.29, 0.717) is 0 Å². The van der Waals surface area contributed by atoms with Crippen molar-refractivity contribution in [2.45, 2.75) is 44.9 Å². The molecular formula is C14H20O2. The molecular weight excluding hydrogens is 200 g/mol. The molecule has 1 aliphatic rings. The molecule has 0 saturated heterocycles. The van der Waals surface area contributed by atoms with Crippen molar-refractivity contribution in [1.29, 1.82) is 0 Å². The molecule has 1 aromatic rings. The van der Waals surface area contributed by atoms with Gasteiger partial charge in [0.1, 0.15) is 0 Å². The summed E-state index contributed by atoms with van der Waals surface area (Å²) in [6, 6.07) is 9.13. The number of benzene rings is 1. The average Bonchev–Trinajstić information content (AvgIpc) is 2.32. The second-order valence-corrected chi connectivity index (χ2v) is 4.18. The van der Waals surface area contributed by atoms with E-state index in [1.165, 1.54) is 38.5 Å². The molecule has 2 rings (SSSR count). The van der Waals surface area contributed by atoms with E-state index in [9.17, 15) is 4.79 Å². The second kappa shape index (κ2) is 7.91. The zero-order chi connectivity index (χ0) is 11.6. The van der Waals surface area contributed by atoms with Gasteiger partial charge in [-0.3, -0.25) is 4.79 Å². The Bertz CT molecular complexity index is 277. The van der Waals surface area contributed by atoms with Crippen molar-refractivity contribution < 1.29 is 9.90 Å². The van der Waals surface area contributed by atoms with Crippen LogP contribution in [0.25, 0.3) is 0 Å². The van der Waals surface area contributed by atoms with Crippen LogP contribution in [0.5, 0.6) is 0 Å². The van der Waals surface area contributed by atoms with Gasteiger partial charge < -0.3 is 5.11 Å². The second-order valence-electron chi connectivity index (χ2n) is 4.18. The Morgan fingerprint density at radius 1 is 0.938 bits per heavy atom. The van der Waals surface area contributed by atoms with Gasteiger partial charge in [0.15, 0.2) is 0 Å². The van der Waals surface area contributed by atoms with E-state index >= 15 is 0 Å². The molecule has 2 nitrogen and oxygen atoms in total. The lowest BCUT2D eigenvalue weighted by Crippen LogP contribution is -1.98. The first-order valence-electron chi connectivity index (χ1n) is 6.05. The van der Waals surface area contributed by atoms with Gasteiger partial charge in [0.05, 0.1) is 6.42 Å². The third kappa shape index (κ3) is 6.23. The number of carboxylic acid groups (broad SMARTS) is 1. The van der Waals surface area contributed by atoms with E-state index in [1.807, 2.05) is 18.2 Å². The predicted octanol–water partition coefficient (Wildman–Crippen LogP) is 3.65. The number of carboxylic acids is 1. The fourth-order valence-corrected chi connectivity index (χ4v) is 1.83. The van der Waals surface area contributed by atoms with Crippen molar-refractivity contribution >= 4 is 5.97 Å². The highest BCUT2D eigenvalue weighted by molar-refractivity contribution is 5.70. The lowest BCUT2D eigenvalue weighted by molar-refractivity contribution is -0.136. The zero-order valence-corrected chi connectivity index (χ0v) is 9.69. The van der Waals surface area contributed by atoms with Crippen LogP contribution in [0.1, 0.15) is 44.1 Å². The molecule has 0 spiro atoms. The summed E-state index contributed by atoms with van der Waals surface area (Å²) in [5.41, 5.74) is 0.843. The fourth-order valence-electron chi connectivity index (χ4n) is 1.83. The zero-order valence-electron chi connectivity index (χ0n) is 9.69. The van der Waals surface area contributed by atoms with Crippen molar-refractivity contribution in [1.82, 2.24) is 0 Å². The van der Waals surface area contributed by atoms with Crippen LogP contribution >= 0.6 is 0 Å². The maximum absolute atomic E-state index is 10.2. The largest absolute Gasteiger partial charge is 0.481 e. The molecule has 2 heteroatoms. The number of hydrogen-bond donors (Lipinski definition) is 1. The average molecular weight is 220 g/mol. The summed E-state index contributed by atoms with van der Waals surface area (Å²) in [6.45, 7) is 0. The maximum atomic E-state index is 10.2. The Balaban J connectivity index is 0.000000181. The molecule has 16 heavy (non-hydrogen) atoms. The number of rotatable bonds is 2. The molecule has 1 fully saturated rings. The highest BCUT2D eigenvalue weighted by Gasteiger charge is 1.96. The lowest BCUT2D eigenvalue weighted by Gasteiger charge is -2.05. The molecule has 0 bridgehead atoms. The van der Waals surface area contributed by atoms with Gasteiger partial charge in [-0.05, 0) is 5.56 Å². The van der Waals surface area contributed by atoms with Crippen molar-refractivity contribution in [3.63, 3.8) is 0 Å². The van der Waals surface area contributed by atoms with Crippen LogP contribution in [0, 0.1) is 0 Å². The van der Waals surface area contributed by atoms with Gasteiger partial charge in [0, 0.05) is 0 Å². The van der Waals surface area contributed by atoms with Crippen LogP contribution in [-0.2, 0) is 11.2 Å². The first-order valence-corrected chi connectivity index (χ1v) is 6.05. The normalized spacial score (nSPS) is 14.8. The van der Waals surface area contributed by atoms with Gasteiger partial charge in [-0.1, -0.05) is 68.9 Å². The van der Waals surface area contributed by atoms with Crippen molar-refractivity contribution in [2.24, 2.45) is 0 Å². The van der Waals surface area contributed by atoms with E-state index in [-0.39, 0.29) is 6.42 Å². The van der Waals surface area contributed by atoms with E-state index in [1.54, 1.807) is 12.1 Å². The Kier molecular flexibility index (Phi) is 6.31. The van der Waals surface area contributed by atoms with Gasteiger partial charge in [-0.2, -0.15) is 0 Å². The van der Waals surface area contributed by atoms with Crippen LogP contribution < -0.4 is 0 Å². The molecule has 0 heterocycles. The molecule has 0 unspecified atom stereocenters. The standard InChI is InChI=1S/C8H8O2.C6H12/c9-8(10)6-7-4-2-1-3-5-7;1-2-4-6-5-3-1/h1-5H,6H2,(H,9,10);1-6H2. The minimum atomic E-state index is -0.786. The Labute approximate surface area is 97.3 Å². The van der Waals surface area contributed by atoms with Crippen LogP contribution in [0.15, 0.2) is 30.3 Å². The summed E-state index contributed by atoms with van der Waals surface area (Å²) in [6.07, 6.45) is 9.11. The quantitative estimate of drug-likeness (QED) is 0.826. The Morgan fingerprint density at radius 2 is 1.38 bits per heavy atom. The van der Waals surface area contributed by atoms with E-state index in [4.69, 9.17) is 5.11 Å². The Hall–Kier alpha value is -1.31. The van der Waals surface area contributed by atoms with Crippen molar-refractivity contribution in [3.8, 4) is 0 Å². The predicted molar refractivity (Wildman–Crippen MR) is 65.5 cm³/mol. The minimum Gasteiger partial charge on any atom is -0.481 e. The number of hydrogen-bond acceptors (Lipinski definition) is 1. The summed E-state index contributed by atoms with van der Waals surface area (Å²) >= 11 is 0. The summed E-state index contributed by atoms with van der Waals surface area (Å²) < 4.78 is 0. The topological polar surface area (TPSA) is 37.3 Å². The smallest absolute Gasteiger partial charge is 0.307 e. The van der Waals surface area contributed by atoms with E-state index in [0.717, 1.165) is 5.56 Å². The molecule has 1 aliphatic carbocycles. The number of aliphatic carboxylic acids is 1. The van der Waals surface area contributed by atoms with Crippen LogP contribution in [0.3, 0.4) is 0 Å². The highest BCUT2D eigenvalue weighted by Crippen LogP contribution is 2.15. The van der Waals surface area contributed by atoms with Gasteiger partial charge >= 0.3 is 5.97 Å². The molecule has 1 N–H and O–H groups in total. The maximum Gasteiger partial charge on any atom is 0.307 e. The molecule has 1 aromatic carbocycles. The van der Waals surface area contributed by atoms with Gasteiger partial charge in [-0.25, -0.2) is 0 Å². The molecule has 0 aromatic heterocycles. The van der Waals surface area contributed by atoms with E-state index < -0.39 is 5.97 Å². The molecule has 0 aliphatic heterocycles. The fraction of sp³-hybridized carbons (Fsp3) is 0.500. The van der Waals surface area contributed by atoms with Gasteiger partial charge in [0.25, 0.3) is 0 Å². The first-order chi connectivity index (χ1) is 7.79. The minimum absolute atomic E-state index is 0.112. The van der Waals surface area contributed by atoms with Crippen LogP contribution in [0.4, 0.5) is 0 Å². The highest BCUT2D eigenvalue weighted by atomic mass is 16.4. The third-order valence-electron chi connectivity index (χ3n) is 2.70. The van der Waals surface area contributed by atoms with Crippen molar-refractivity contribution in [2.75, 3.05) is 0 Å². The summed E-state index contributed by atoms with van der Waals surface area (Å²) in [5, 5.41) is 8.37. The molecule has 0 atom stereocenters. The SMILES string of the molecule is C1CCCCC1.O=C(O)Cc1ccccc1. The molecule has 1 saturated carbocycles. The van der Waals surface area contributed by atoms with E-state index in [2.05, 4.69) is 0 Å². The van der Waals surface area contributed by atoms with Crippen LogP contribution in [-0.4, -0.2) is 11.1 Å². The molecule has 0 radical (unpaired) electrons. The molecule has 0 amide bonds. The van der Waals surface area contributed by atoms with Crippen LogP contribution in [0.2, 0.25) is 0 Å². The van der Waals surface area contributed by atoms with Crippen molar-refractivity contribution in [3.05, 3.63) is 35.9 Å². The number of carbonyl (C=O) groups is 1. The summed E-state index contributed by atoms with van der Waals surface area (Å²) in [7, 11) is 0. The lowest BCUT2D eigenvalue weighted by atomic mass is 10.0. The van der Waals surface area contributed by atoms with Gasteiger partial charge in [-0.15, -0.1) is 0 Å². The summed E-state index contributed by atoms with van der Waals surface area (Å²) in [4.78, 5) is 10.2. The summed E-state index contributed by atoms with van der Waals surface area (Å²) in [5.74, 6) is -0.786. The van der Waals surface area contributed by atoms with Gasteiger partial charge in [0.2, 0.25) is 0 Å². The third-order valence-corrected chi connectivity index (χ3v) is 2.70.